The minimum absolute atomic E-state index is 0.0108. The van der Waals surface area contributed by atoms with Crippen molar-refractivity contribution in [2.45, 2.75) is 30.8 Å². The number of nitrogens with zero attached hydrogens (tertiary/aromatic N) is 1. The normalized spacial score (nSPS) is 18.0. The van der Waals surface area contributed by atoms with Crippen LogP contribution in [0, 0.1) is 6.92 Å². The van der Waals surface area contributed by atoms with Crippen LogP contribution in [-0.2, 0) is 21.0 Å². The molecule has 0 N–H and O–H groups in total. The van der Waals surface area contributed by atoms with E-state index in [2.05, 4.69) is 0 Å². The van der Waals surface area contributed by atoms with E-state index in [1.807, 2.05) is 0 Å². The molecule has 1 aromatic carbocycles. The number of ketones is 1. The van der Waals surface area contributed by atoms with Crippen molar-refractivity contribution in [3.05, 3.63) is 29.3 Å². The van der Waals surface area contributed by atoms with E-state index in [4.69, 9.17) is 0 Å². The van der Waals surface area contributed by atoms with E-state index in [1.54, 1.807) is 0 Å². The van der Waals surface area contributed by atoms with Crippen molar-refractivity contribution < 1.29 is 26.4 Å². The molecule has 0 amide bonds. The number of halogens is 3. The topological polar surface area (TPSA) is 54.5 Å². The summed E-state index contributed by atoms with van der Waals surface area (Å²) in [7, 11) is -4.02. The Morgan fingerprint density at radius 3 is 2.24 bits per heavy atom. The van der Waals surface area contributed by atoms with Crippen LogP contribution in [0.5, 0.6) is 0 Å². The third kappa shape index (κ3) is 3.11. The molecule has 1 saturated heterocycles. The molecular weight excluding hydrogens is 307 g/mol. The highest BCUT2D eigenvalue weighted by Gasteiger charge is 2.36. The summed E-state index contributed by atoms with van der Waals surface area (Å²) < 4.78 is 64.5. The molecule has 1 fully saturated rings. The highest BCUT2D eigenvalue weighted by atomic mass is 32.2. The lowest BCUT2D eigenvalue weighted by atomic mass is 10.1. The summed E-state index contributed by atoms with van der Waals surface area (Å²) in [6.07, 6.45) is -4.41. The number of carbonyl (C=O) groups excluding carboxylic acids is 1. The van der Waals surface area contributed by atoms with E-state index in [-0.39, 0.29) is 42.2 Å². The summed E-state index contributed by atoms with van der Waals surface area (Å²) in [5.41, 5.74) is -1.28. The lowest BCUT2D eigenvalue weighted by molar-refractivity contribution is -0.138. The van der Waals surface area contributed by atoms with Crippen molar-refractivity contribution in [1.29, 1.82) is 0 Å². The SMILES string of the molecule is Cc1c(C(F)(F)F)cccc1S(=O)(=O)N1CCC(=O)CC1. The van der Waals surface area contributed by atoms with Crippen molar-refractivity contribution in [2.75, 3.05) is 13.1 Å². The number of hydrogen-bond acceptors (Lipinski definition) is 3. The van der Waals surface area contributed by atoms with Crippen LogP contribution in [0.2, 0.25) is 0 Å². The number of sulfonamides is 1. The van der Waals surface area contributed by atoms with Gasteiger partial charge < -0.3 is 0 Å². The average Bonchev–Trinajstić information content (AvgIpc) is 2.37. The number of piperidine rings is 1. The van der Waals surface area contributed by atoms with Gasteiger partial charge in [0.2, 0.25) is 10.0 Å². The van der Waals surface area contributed by atoms with Gasteiger partial charge in [-0.3, -0.25) is 4.79 Å². The average molecular weight is 321 g/mol. The molecule has 0 aliphatic carbocycles. The Balaban J connectivity index is 2.44. The maximum absolute atomic E-state index is 12.9. The van der Waals surface area contributed by atoms with Crippen molar-refractivity contribution in [1.82, 2.24) is 4.31 Å². The van der Waals surface area contributed by atoms with Crippen LogP contribution < -0.4 is 0 Å². The Bertz CT molecular complexity index is 658. The molecule has 0 spiro atoms. The fraction of sp³-hybridized carbons (Fsp3) is 0.462. The molecule has 1 aliphatic heterocycles. The van der Waals surface area contributed by atoms with E-state index < -0.39 is 21.8 Å². The lowest BCUT2D eigenvalue weighted by Crippen LogP contribution is -2.39. The number of hydrogen-bond donors (Lipinski definition) is 0. The molecule has 4 nitrogen and oxygen atoms in total. The van der Waals surface area contributed by atoms with Gasteiger partial charge in [0.1, 0.15) is 5.78 Å². The van der Waals surface area contributed by atoms with Crippen LogP contribution in [0.4, 0.5) is 13.2 Å². The van der Waals surface area contributed by atoms with Gasteiger partial charge in [-0.15, -0.1) is 0 Å². The first-order valence-electron chi connectivity index (χ1n) is 6.32. The van der Waals surface area contributed by atoms with Crippen molar-refractivity contribution >= 4 is 15.8 Å². The maximum Gasteiger partial charge on any atom is 0.416 e. The van der Waals surface area contributed by atoms with Crippen molar-refractivity contribution in [3.8, 4) is 0 Å². The molecule has 0 atom stereocenters. The molecule has 21 heavy (non-hydrogen) atoms. The first-order valence-corrected chi connectivity index (χ1v) is 7.76. The zero-order valence-corrected chi connectivity index (χ0v) is 12.1. The Morgan fingerprint density at radius 2 is 1.71 bits per heavy atom. The van der Waals surface area contributed by atoms with Crippen LogP contribution in [-0.4, -0.2) is 31.6 Å². The molecule has 2 rings (SSSR count). The summed E-state index contributed by atoms with van der Waals surface area (Å²) in [4.78, 5) is 10.8. The van der Waals surface area contributed by atoms with E-state index in [1.165, 1.54) is 0 Å². The minimum Gasteiger partial charge on any atom is -0.300 e. The highest BCUT2D eigenvalue weighted by Crippen LogP contribution is 2.35. The predicted molar refractivity (Wildman–Crippen MR) is 69.2 cm³/mol. The molecule has 1 aliphatic rings. The van der Waals surface area contributed by atoms with Crippen LogP contribution in [0.15, 0.2) is 23.1 Å². The molecular formula is C13H14F3NO3S. The predicted octanol–water partition coefficient (Wildman–Crippen LogP) is 2.37. The standard InChI is InChI=1S/C13H14F3NO3S/c1-9-11(13(14,15)16)3-2-4-12(9)21(19,20)17-7-5-10(18)6-8-17/h2-4H,5-8H2,1H3. The van der Waals surface area contributed by atoms with Gasteiger partial charge in [0, 0.05) is 25.9 Å². The summed E-state index contributed by atoms with van der Waals surface area (Å²) in [6.45, 7) is 1.17. The number of rotatable bonds is 2. The summed E-state index contributed by atoms with van der Waals surface area (Å²) in [6, 6.07) is 3.10. The van der Waals surface area contributed by atoms with E-state index in [9.17, 15) is 26.4 Å². The molecule has 1 aromatic rings. The van der Waals surface area contributed by atoms with E-state index >= 15 is 0 Å². The number of benzene rings is 1. The van der Waals surface area contributed by atoms with Crippen molar-refractivity contribution in [2.24, 2.45) is 0 Å². The van der Waals surface area contributed by atoms with Crippen LogP contribution >= 0.6 is 0 Å². The Labute approximate surface area is 120 Å². The number of alkyl halides is 3. The monoisotopic (exact) mass is 321 g/mol. The molecule has 0 bridgehead atoms. The molecule has 8 heteroatoms. The summed E-state index contributed by atoms with van der Waals surface area (Å²) >= 11 is 0. The zero-order chi connectivity index (χ0) is 15.8. The number of carbonyl (C=O) groups is 1. The Kier molecular flexibility index (Phi) is 4.12. The van der Waals surface area contributed by atoms with Gasteiger partial charge in [-0.25, -0.2) is 8.42 Å². The van der Waals surface area contributed by atoms with Crippen molar-refractivity contribution in [3.63, 3.8) is 0 Å². The first kappa shape index (κ1) is 16.0. The number of Topliss-reactive ketones (excluding diaryl/α,β-unsaturated/α-hetero) is 1. The fourth-order valence-electron chi connectivity index (χ4n) is 2.32. The first-order chi connectivity index (χ1) is 9.64. The Hall–Kier alpha value is -1.41. The third-order valence-electron chi connectivity index (χ3n) is 3.49. The molecule has 0 aromatic heterocycles. The van der Waals surface area contributed by atoms with Gasteiger partial charge in [-0.2, -0.15) is 17.5 Å². The van der Waals surface area contributed by atoms with Gasteiger partial charge in [0.05, 0.1) is 10.5 Å². The van der Waals surface area contributed by atoms with E-state index in [0.29, 0.717) is 0 Å². The van der Waals surface area contributed by atoms with Crippen LogP contribution in [0.1, 0.15) is 24.0 Å². The third-order valence-corrected chi connectivity index (χ3v) is 5.53. The smallest absolute Gasteiger partial charge is 0.300 e. The molecule has 0 saturated carbocycles. The van der Waals surface area contributed by atoms with Gasteiger partial charge in [-0.1, -0.05) is 6.07 Å². The van der Waals surface area contributed by atoms with Crippen LogP contribution in [0.3, 0.4) is 0 Å². The second-order valence-electron chi connectivity index (χ2n) is 4.87. The van der Waals surface area contributed by atoms with Gasteiger partial charge >= 0.3 is 6.18 Å². The fourth-order valence-corrected chi connectivity index (χ4v) is 4.00. The summed E-state index contributed by atoms with van der Waals surface area (Å²) in [5.74, 6) is -0.0396. The largest absolute Gasteiger partial charge is 0.416 e. The molecule has 0 unspecified atom stereocenters. The lowest BCUT2D eigenvalue weighted by Gasteiger charge is -2.26. The maximum atomic E-state index is 12.9. The highest BCUT2D eigenvalue weighted by molar-refractivity contribution is 7.89. The Morgan fingerprint density at radius 1 is 1.14 bits per heavy atom. The molecule has 1 heterocycles. The summed E-state index contributed by atoms with van der Waals surface area (Å²) in [5, 5.41) is 0. The van der Waals surface area contributed by atoms with Gasteiger partial charge in [0.15, 0.2) is 0 Å². The zero-order valence-electron chi connectivity index (χ0n) is 11.3. The second kappa shape index (κ2) is 5.42. The van der Waals surface area contributed by atoms with Gasteiger partial charge in [-0.05, 0) is 24.6 Å². The quantitative estimate of drug-likeness (QED) is 0.840. The minimum atomic E-state index is -4.60. The second-order valence-corrected chi connectivity index (χ2v) is 6.78. The molecule has 116 valence electrons. The van der Waals surface area contributed by atoms with Crippen LogP contribution in [0.25, 0.3) is 0 Å². The molecule has 0 radical (unpaired) electrons. The van der Waals surface area contributed by atoms with Gasteiger partial charge in [0.25, 0.3) is 0 Å². The van der Waals surface area contributed by atoms with E-state index in [0.717, 1.165) is 29.4 Å².